The molecule has 0 bridgehead atoms. The fourth-order valence-electron chi connectivity index (χ4n) is 8.85. The second-order valence-electron chi connectivity index (χ2n) is 18.2. The van der Waals surface area contributed by atoms with Crippen LogP contribution < -0.4 is 5.32 Å². The van der Waals surface area contributed by atoms with E-state index in [1.807, 2.05) is 33.8 Å². The highest BCUT2D eigenvalue weighted by Crippen LogP contribution is 2.43. The van der Waals surface area contributed by atoms with E-state index < -0.39 is 34.8 Å². The summed E-state index contributed by atoms with van der Waals surface area (Å²) in [4.78, 5) is 77.3. The highest BCUT2D eigenvalue weighted by molar-refractivity contribution is 6.38. The molecule has 53 heavy (non-hydrogen) atoms. The summed E-state index contributed by atoms with van der Waals surface area (Å²) in [6, 6.07) is 2.22. The third-order valence-electron chi connectivity index (χ3n) is 12.4. The Morgan fingerprint density at radius 3 is 2.25 bits per heavy atom. The van der Waals surface area contributed by atoms with Crippen molar-refractivity contribution in [3.8, 4) is 0 Å². The van der Waals surface area contributed by atoms with Crippen LogP contribution in [0.15, 0.2) is 17.3 Å². The molecule has 1 aromatic carbocycles. The lowest BCUT2D eigenvalue weighted by Gasteiger charge is -2.36. The van der Waals surface area contributed by atoms with Gasteiger partial charge < -0.3 is 15.1 Å². The fraction of sp³-hybridized carbons (Fsp3) is 0.721. The number of aryl methyl sites for hydroxylation is 2. The summed E-state index contributed by atoms with van der Waals surface area (Å²) in [5, 5.41) is 8.30. The molecular weight excluding hydrogens is 690 g/mol. The molecule has 1 saturated heterocycles. The number of nitrogens with zero attached hydrogens (tertiary/aromatic N) is 2. The average molecular weight is 750 g/mol. The van der Waals surface area contributed by atoms with Crippen LogP contribution in [0.4, 0.5) is 0 Å². The van der Waals surface area contributed by atoms with Crippen molar-refractivity contribution in [3.05, 3.63) is 33.8 Å². The molecule has 10 heteroatoms. The molecule has 4 fully saturated rings. The van der Waals surface area contributed by atoms with Crippen LogP contribution in [0.1, 0.15) is 147 Å². The molecule has 5 aliphatic rings. The van der Waals surface area contributed by atoms with Crippen LogP contribution in [0.2, 0.25) is 5.02 Å². The number of likely N-dealkylation sites (tertiary alicyclic amines) is 1. The average Bonchev–Trinajstić information content (AvgIpc) is 4.04. The van der Waals surface area contributed by atoms with Crippen molar-refractivity contribution in [2.24, 2.45) is 34.2 Å². The molecule has 6 rings (SSSR count). The van der Waals surface area contributed by atoms with E-state index in [1.165, 1.54) is 12.8 Å². The Balaban J connectivity index is 1.25. The zero-order valence-corrected chi connectivity index (χ0v) is 33.3. The molecule has 2 aliphatic heterocycles. The van der Waals surface area contributed by atoms with Crippen LogP contribution in [0.25, 0.3) is 0 Å². The zero-order valence-electron chi connectivity index (χ0n) is 32.6. The van der Waals surface area contributed by atoms with Crippen LogP contribution in [0.3, 0.4) is 0 Å². The van der Waals surface area contributed by atoms with Gasteiger partial charge >= 0.3 is 0 Å². The molecule has 3 saturated carbocycles. The van der Waals surface area contributed by atoms with E-state index in [1.54, 1.807) is 4.90 Å². The van der Waals surface area contributed by atoms with Gasteiger partial charge in [-0.25, -0.2) is 0 Å². The van der Waals surface area contributed by atoms with Crippen molar-refractivity contribution in [3.63, 3.8) is 0 Å². The summed E-state index contributed by atoms with van der Waals surface area (Å²) in [6.07, 6.45) is 13.0. The predicted octanol–water partition coefficient (Wildman–Crippen LogP) is 7.88. The van der Waals surface area contributed by atoms with Gasteiger partial charge in [0, 0.05) is 48.6 Å². The van der Waals surface area contributed by atoms with Crippen molar-refractivity contribution in [2.75, 3.05) is 6.54 Å². The number of hydrogen-bond acceptors (Lipinski definition) is 7. The number of ketones is 3. The van der Waals surface area contributed by atoms with E-state index in [0.717, 1.165) is 74.5 Å². The third kappa shape index (κ3) is 9.79. The number of Topliss-reactive ketones (excluding diaryl/α,β-unsaturated/α-hetero) is 3. The smallest absolute Gasteiger partial charge is 0.246 e. The molecule has 1 N–H and O–H groups in total. The van der Waals surface area contributed by atoms with Crippen molar-refractivity contribution in [1.82, 2.24) is 10.2 Å². The van der Waals surface area contributed by atoms with E-state index in [0.29, 0.717) is 41.8 Å². The molecule has 0 radical (unpaired) electrons. The summed E-state index contributed by atoms with van der Waals surface area (Å²) in [5.41, 5.74) is 2.05. The number of halogens is 1. The first-order valence-electron chi connectivity index (χ1n) is 20.4. The number of carbonyl (C=O) groups excluding carboxylic acids is 5. The Morgan fingerprint density at radius 2 is 1.62 bits per heavy atom. The second kappa shape index (κ2) is 16.3. The van der Waals surface area contributed by atoms with E-state index in [-0.39, 0.29) is 55.1 Å². The molecule has 3 aliphatic carbocycles. The minimum Gasteiger partial charge on any atom is -0.387 e. The van der Waals surface area contributed by atoms with Gasteiger partial charge in [0.05, 0.1) is 18.3 Å². The highest BCUT2D eigenvalue weighted by Gasteiger charge is 2.55. The Morgan fingerprint density at radius 1 is 0.962 bits per heavy atom. The van der Waals surface area contributed by atoms with Crippen LogP contribution in [-0.2, 0) is 35.2 Å². The summed E-state index contributed by atoms with van der Waals surface area (Å²) in [6.45, 7) is 9.98. The highest BCUT2D eigenvalue weighted by atomic mass is 35.5. The van der Waals surface area contributed by atoms with Gasteiger partial charge in [0.1, 0.15) is 6.04 Å². The Labute approximate surface area is 320 Å². The lowest BCUT2D eigenvalue weighted by atomic mass is 9.84. The predicted molar refractivity (Wildman–Crippen MR) is 206 cm³/mol. The van der Waals surface area contributed by atoms with Gasteiger partial charge in [0.2, 0.25) is 17.6 Å². The minimum absolute atomic E-state index is 0.0919. The van der Waals surface area contributed by atoms with Crippen molar-refractivity contribution >= 4 is 46.5 Å². The van der Waals surface area contributed by atoms with Crippen LogP contribution in [0, 0.1) is 36.0 Å². The summed E-state index contributed by atoms with van der Waals surface area (Å²) in [5.74, 6) is -1.29. The van der Waals surface area contributed by atoms with Gasteiger partial charge in [-0.1, -0.05) is 89.0 Å². The number of rotatable bonds is 15. The quantitative estimate of drug-likeness (QED) is 0.144. The van der Waals surface area contributed by atoms with Crippen LogP contribution >= 0.6 is 11.6 Å². The standard InChI is InChI=1S/C43H60ClN3O6/c1-6-30-17-26(2)32(22-33(30)44)34-23-43(53-46-34)24-35(36(48)21-31(18-28-13-14-28)39(51)37(49)19-29-15-16-29)47(25-43)41(52)40(42(3,4)5)45-38(50)20-27-11-9-7-8-10-12-27/h17,22,27-29,31,35,40H,6-16,18-21,23-25H2,1-5H3,(H,45,50)/t31-,35+,40-,43-/m1/s1. The molecule has 290 valence electrons. The van der Waals surface area contributed by atoms with E-state index >= 15 is 0 Å². The third-order valence-corrected chi connectivity index (χ3v) is 12.8. The zero-order chi connectivity index (χ0) is 38.1. The van der Waals surface area contributed by atoms with Crippen LogP contribution in [0.5, 0.6) is 0 Å². The SMILES string of the molecule is CCc1cc(C)c(C2=NO[C@]3(C2)C[C@@H](C(=O)C[C@@H](CC2CC2)C(=O)C(=O)CC2CC2)N(C(=O)[C@@H](NC(=O)CC2CCCCCC2)C(C)(C)C)C3)cc1Cl. The van der Waals surface area contributed by atoms with E-state index in [4.69, 9.17) is 16.4 Å². The topological polar surface area (TPSA) is 122 Å². The monoisotopic (exact) mass is 749 g/mol. The number of oxime groups is 1. The maximum Gasteiger partial charge on any atom is 0.246 e. The number of hydrogen-bond donors (Lipinski definition) is 1. The number of nitrogens with one attached hydrogen (secondary N) is 1. The Hall–Kier alpha value is -3.07. The van der Waals surface area contributed by atoms with Crippen molar-refractivity contribution < 1.29 is 28.8 Å². The molecule has 1 aromatic rings. The van der Waals surface area contributed by atoms with E-state index in [2.05, 4.69) is 23.5 Å². The molecule has 1 spiro atoms. The largest absolute Gasteiger partial charge is 0.387 e. The van der Waals surface area contributed by atoms with Crippen LogP contribution in [-0.4, -0.2) is 64.0 Å². The van der Waals surface area contributed by atoms with Gasteiger partial charge in [-0.05, 0) is 85.8 Å². The lowest BCUT2D eigenvalue weighted by Crippen LogP contribution is -2.57. The van der Waals surface area contributed by atoms with Gasteiger partial charge in [-0.3, -0.25) is 24.0 Å². The molecule has 2 heterocycles. The lowest BCUT2D eigenvalue weighted by molar-refractivity contribution is -0.145. The Kier molecular flexibility index (Phi) is 12.2. The fourth-order valence-corrected chi connectivity index (χ4v) is 9.14. The molecule has 2 amide bonds. The number of benzene rings is 1. The maximum atomic E-state index is 14.8. The normalized spacial score (nSPS) is 24.7. The minimum atomic E-state index is -0.960. The molecule has 0 unspecified atom stereocenters. The molecule has 4 atom stereocenters. The number of amides is 2. The maximum absolute atomic E-state index is 14.8. The van der Waals surface area contributed by atoms with Crippen molar-refractivity contribution in [2.45, 2.75) is 161 Å². The van der Waals surface area contributed by atoms with Gasteiger partial charge in [0.25, 0.3) is 0 Å². The summed E-state index contributed by atoms with van der Waals surface area (Å²) < 4.78 is 0. The first-order chi connectivity index (χ1) is 25.2. The second-order valence-corrected chi connectivity index (χ2v) is 18.6. The van der Waals surface area contributed by atoms with Crippen molar-refractivity contribution in [1.29, 1.82) is 0 Å². The molecule has 9 nitrogen and oxygen atoms in total. The first-order valence-corrected chi connectivity index (χ1v) is 20.8. The molecule has 0 aromatic heterocycles. The van der Waals surface area contributed by atoms with E-state index in [9.17, 15) is 24.0 Å². The first kappa shape index (κ1) is 39.6. The number of carbonyl (C=O) groups is 5. The van der Waals surface area contributed by atoms with Gasteiger partial charge in [0.15, 0.2) is 17.2 Å². The van der Waals surface area contributed by atoms with Gasteiger partial charge in [-0.15, -0.1) is 0 Å². The summed E-state index contributed by atoms with van der Waals surface area (Å²) in [7, 11) is 0. The summed E-state index contributed by atoms with van der Waals surface area (Å²) >= 11 is 6.64. The molecular formula is C43H60ClN3O6. The Bertz CT molecular complexity index is 1620. The van der Waals surface area contributed by atoms with Gasteiger partial charge in [-0.2, -0.15) is 0 Å².